The number of nitrogens with zero attached hydrogens (tertiary/aromatic N) is 1. The van der Waals surface area contributed by atoms with Crippen LogP contribution in [0.3, 0.4) is 0 Å². The van der Waals surface area contributed by atoms with Gasteiger partial charge in [0.25, 0.3) is 0 Å². The molecule has 1 unspecified atom stereocenters. The van der Waals surface area contributed by atoms with E-state index in [0.29, 0.717) is 49.4 Å². The summed E-state index contributed by atoms with van der Waals surface area (Å²) in [6.07, 6.45) is 0.683. The lowest BCUT2D eigenvalue weighted by atomic mass is 10.0. The predicted octanol–water partition coefficient (Wildman–Crippen LogP) is 3.32. The number of urea groups is 1. The van der Waals surface area contributed by atoms with Gasteiger partial charge in [0.1, 0.15) is 17.0 Å². The number of nitrogens with one attached hydrogen (secondary N) is 1. The van der Waals surface area contributed by atoms with Crippen molar-refractivity contribution in [1.82, 2.24) is 4.90 Å². The molecule has 1 saturated heterocycles. The molecule has 1 aromatic carbocycles. The molecule has 1 atom stereocenters. The minimum atomic E-state index is -0.298. The molecule has 0 spiro atoms. The lowest BCUT2D eigenvalue weighted by Crippen LogP contribution is -2.48. The molecule has 0 bridgehead atoms. The second kappa shape index (κ2) is 7.40. The largest absolute Gasteiger partial charge is 0.485 e. The fourth-order valence-corrected chi connectivity index (χ4v) is 3.38. The lowest BCUT2D eigenvalue weighted by molar-refractivity contribution is -0.0555. The summed E-state index contributed by atoms with van der Waals surface area (Å²) in [5.74, 6) is 0.671. The Morgan fingerprint density at radius 2 is 2.28 bits per heavy atom. The third-order valence-electron chi connectivity index (χ3n) is 4.35. The van der Waals surface area contributed by atoms with E-state index in [0.717, 1.165) is 12.0 Å². The molecular formula is C18H25ClN2O4. The van der Waals surface area contributed by atoms with Crippen LogP contribution in [0.25, 0.3) is 0 Å². The zero-order valence-corrected chi connectivity index (χ0v) is 15.7. The fourth-order valence-electron chi connectivity index (χ4n) is 3.19. The van der Waals surface area contributed by atoms with Gasteiger partial charge < -0.3 is 24.4 Å². The molecule has 1 aromatic rings. The minimum absolute atomic E-state index is 0.105. The first kappa shape index (κ1) is 18.3. The van der Waals surface area contributed by atoms with E-state index in [2.05, 4.69) is 5.32 Å². The van der Waals surface area contributed by atoms with Gasteiger partial charge in [0.2, 0.25) is 0 Å². The number of hydrogen-bond donors (Lipinski definition) is 1. The van der Waals surface area contributed by atoms with Crippen LogP contribution in [0.2, 0.25) is 5.02 Å². The van der Waals surface area contributed by atoms with Crippen LogP contribution in [-0.2, 0) is 15.9 Å². The highest BCUT2D eigenvalue weighted by Gasteiger charge is 2.34. The van der Waals surface area contributed by atoms with Crippen molar-refractivity contribution in [2.45, 2.75) is 38.9 Å². The lowest BCUT2D eigenvalue weighted by Gasteiger charge is -2.33. The maximum atomic E-state index is 12.7. The topological polar surface area (TPSA) is 60.0 Å². The van der Waals surface area contributed by atoms with Crippen molar-refractivity contribution in [1.29, 1.82) is 0 Å². The van der Waals surface area contributed by atoms with E-state index in [9.17, 15) is 4.79 Å². The van der Waals surface area contributed by atoms with Crippen molar-refractivity contribution in [3.8, 4) is 5.75 Å². The van der Waals surface area contributed by atoms with Crippen LogP contribution in [0.5, 0.6) is 5.75 Å². The average molecular weight is 369 g/mol. The molecule has 2 aliphatic heterocycles. The first-order valence-corrected chi connectivity index (χ1v) is 9.03. The maximum absolute atomic E-state index is 12.7. The van der Waals surface area contributed by atoms with Crippen molar-refractivity contribution in [2.24, 2.45) is 0 Å². The summed E-state index contributed by atoms with van der Waals surface area (Å²) in [4.78, 5) is 14.4. The molecule has 0 saturated carbocycles. The van der Waals surface area contributed by atoms with Gasteiger partial charge in [-0.15, -0.1) is 0 Å². The summed E-state index contributed by atoms with van der Waals surface area (Å²) in [6.45, 7) is 8.62. The minimum Gasteiger partial charge on any atom is -0.485 e. The van der Waals surface area contributed by atoms with E-state index in [-0.39, 0.29) is 17.7 Å². The quantitative estimate of drug-likeness (QED) is 0.885. The number of amides is 2. The highest BCUT2D eigenvalue weighted by Crippen LogP contribution is 2.44. The molecule has 1 N–H and O–H groups in total. The number of morpholine rings is 1. The third-order valence-corrected chi connectivity index (χ3v) is 4.66. The van der Waals surface area contributed by atoms with Crippen molar-refractivity contribution in [2.75, 3.05) is 38.2 Å². The van der Waals surface area contributed by atoms with E-state index < -0.39 is 0 Å². The summed E-state index contributed by atoms with van der Waals surface area (Å²) in [7, 11) is 0. The van der Waals surface area contributed by atoms with Gasteiger partial charge in [-0.25, -0.2) is 4.79 Å². The van der Waals surface area contributed by atoms with Crippen LogP contribution < -0.4 is 10.1 Å². The van der Waals surface area contributed by atoms with Crippen LogP contribution >= 0.6 is 11.6 Å². The van der Waals surface area contributed by atoms with E-state index in [1.165, 1.54) is 0 Å². The summed E-state index contributed by atoms with van der Waals surface area (Å²) >= 11 is 6.32. The van der Waals surface area contributed by atoms with Crippen molar-refractivity contribution in [3.63, 3.8) is 0 Å². The molecule has 6 nitrogen and oxygen atoms in total. The molecular weight excluding hydrogens is 344 g/mol. The Kier molecular flexibility index (Phi) is 5.41. The fraction of sp³-hybridized carbons (Fsp3) is 0.611. The number of anilines is 1. The summed E-state index contributed by atoms with van der Waals surface area (Å²) in [5, 5.41) is 3.40. The number of hydrogen-bond acceptors (Lipinski definition) is 4. The smallest absolute Gasteiger partial charge is 0.322 e. The van der Waals surface area contributed by atoms with E-state index >= 15 is 0 Å². The van der Waals surface area contributed by atoms with Crippen LogP contribution in [-0.4, -0.2) is 55.5 Å². The summed E-state index contributed by atoms with van der Waals surface area (Å²) in [6, 6.07) is 3.56. The van der Waals surface area contributed by atoms with Crippen molar-refractivity contribution in [3.05, 3.63) is 22.7 Å². The molecule has 2 heterocycles. The molecule has 0 aliphatic carbocycles. The molecule has 3 rings (SSSR count). The Balaban J connectivity index is 1.71. The van der Waals surface area contributed by atoms with E-state index in [1.54, 1.807) is 11.0 Å². The van der Waals surface area contributed by atoms with Crippen LogP contribution in [0, 0.1) is 0 Å². The molecule has 7 heteroatoms. The number of carbonyl (C=O) groups excluding carboxylic acids is 1. The number of fused-ring (bicyclic) bond motifs is 1. The number of halogens is 1. The summed E-state index contributed by atoms with van der Waals surface area (Å²) in [5.41, 5.74) is 1.30. The van der Waals surface area contributed by atoms with Gasteiger partial charge in [0, 0.05) is 25.1 Å². The zero-order chi connectivity index (χ0) is 18.0. The molecule has 25 heavy (non-hydrogen) atoms. The molecule has 2 aliphatic rings. The second-order valence-electron chi connectivity index (χ2n) is 6.98. The maximum Gasteiger partial charge on any atom is 0.322 e. The van der Waals surface area contributed by atoms with Gasteiger partial charge in [-0.05, 0) is 26.8 Å². The normalized spacial score (nSPS) is 21.6. The first-order chi connectivity index (χ1) is 11.9. The molecule has 0 aromatic heterocycles. The van der Waals surface area contributed by atoms with Crippen LogP contribution in [0.1, 0.15) is 26.3 Å². The Morgan fingerprint density at radius 3 is 3.04 bits per heavy atom. The highest BCUT2D eigenvalue weighted by atomic mass is 35.5. The predicted molar refractivity (Wildman–Crippen MR) is 96.7 cm³/mol. The van der Waals surface area contributed by atoms with Crippen LogP contribution in [0.15, 0.2) is 12.1 Å². The molecule has 0 radical (unpaired) electrons. The number of ether oxygens (including phenoxy) is 3. The van der Waals surface area contributed by atoms with Gasteiger partial charge in [-0.2, -0.15) is 0 Å². The Morgan fingerprint density at radius 1 is 1.48 bits per heavy atom. The van der Waals surface area contributed by atoms with Gasteiger partial charge in [0.15, 0.2) is 0 Å². The first-order valence-electron chi connectivity index (χ1n) is 8.65. The van der Waals surface area contributed by atoms with Gasteiger partial charge >= 0.3 is 6.03 Å². The Bertz CT molecular complexity index is 650. The number of benzene rings is 1. The van der Waals surface area contributed by atoms with E-state index in [1.807, 2.05) is 26.8 Å². The van der Waals surface area contributed by atoms with Crippen molar-refractivity contribution < 1.29 is 19.0 Å². The van der Waals surface area contributed by atoms with Gasteiger partial charge in [0.05, 0.1) is 30.9 Å². The Hall–Kier alpha value is -1.50. The molecule has 1 fully saturated rings. The number of rotatable bonds is 4. The molecule has 2 amide bonds. The highest BCUT2D eigenvalue weighted by molar-refractivity contribution is 6.34. The summed E-state index contributed by atoms with van der Waals surface area (Å²) < 4.78 is 17.0. The monoisotopic (exact) mass is 368 g/mol. The SMILES string of the molecule is CCOCC1CN(C(=O)Nc2c(Cl)ccc3c2OC(C)(C)C3)CCO1. The zero-order valence-electron chi connectivity index (χ0n) is 14.9. The number of carbonyl (C=O) groups is 1. The van der Waals surface area contributed by atoms with Gasteiger partial charge in [-0.3, -0.25) is 0 Å². The van der Waals surface area contributed by atoms with Gasteiger partial charge in [-0.1, -0.05) is 17.7 Å². The van der Waals surface area contributed by atoms with Crippen LogP contribution in [0.4, 0.5) is 10.5 Å². The standard InChI is InChI=1S/C18H25ClN2O4/c1-4-23-11-13-10-21(7-8-24-13)17(22)20-15-14(19)6-5-12-9-18(2,3)25-16(12)15/h5-6,13H,4,7-11H2,1-3H3,(H,20,22). The van der Waals surface area contributed by atoms with E-state index in [4.69, 9.17) is 25.8 Å². The second-order valence-corrected chi connectivity index (χ2v) is 7.38. The van der Waals surface area contributed by atoms with Crippen molar-refractivity contribution >= 4 is 23.3 Å². The third kappa shape index (κ3) is 4.19. The average Bonchev–Trinajstić information content (AvgIpc) is 2.90. The Labute approximate surface area is 153 Å². The molecule has 138 valence electrons.